The van der Waals surface area contributed by atoms with E-state index in [9.17, 15) is 19.7 Å². The molecule has 0 aromatic heterocycles. The smallest absolute Gasteiger partial charge is 0.335 e. The van der Waals surface area contributed by atoms with E-state index in [2.05, 4.69) is 11.6 Å². The monoisotopic (exact) mass is 409 g/mol. The van der Waals surface area contributed by atoms with Gasteiger partial charge in [-0.15, -0.1) is 6.58 Å². The minimum Gasteiger partial charge on any atom is -0.478 e. The second-order valence-electron chi connectivity index (χ2n) is 5.91. The van der Waals surface area contributed by atoms with E-state index in [4.69, 9.17) is 5.11 Å². The Balaban J connectivity index is 1.93. The SMILES string of the molecule is C=CCN1C(=O)/C(=C/c2ccc([N+](=O)[O-])cc2)SC1=Nc1cccc(C(=O)O)c1. The van der Waals surface area contributed by atoms with Gasteiger partial charge in [0.15, 0.2) is 5.17 Å². The van der Waals surface area contributed by atoms with Crippen molar-refractivity contribution in [2.75, 3.05) is 6.54 Å². The highest BCUT2D eigenvalue weighted by Gasteiger charge is 2.32. The first-order valence-corrected chi connectivity index (χ1v) is 9.19. The molecule has 1 aliphatic rings. The van der Waals surface area contributed by atoms with Gasteiger partial charge in [-0.25, -0.2) is 9.79 Å². The number of rotatable bonds is 6. The number of non-ortho nitro benzene ring substituents is 1. The molecule has 29 heavy (non-hydrogen) atoms. The molecule has 0 aliphatic carbocycles. The first-order chi connectivity index (χ1) is 13.9. The van der Waals surface area contributed by atoms with Crippen molar-refractivity contribution in [3.05, 3.63) is 87.3 Å². The Hall–Kier alpha value is -3.72. The first kappa shape index (κ1) is 20.0. The molecule has 2 aromatic rings. The number of aliphatic imine (C=N–C) groups is 1. The highest BCUT2D eigenvalue weighted by Crippen LogP contribution is 2.34. The van der Waals surface area contributed by atoms with Crippen LogP contribution in [0.5, 0.6) is 0 Å². The van der Waals surface area contributed by atoms with Crippen LogP contribution in [0.25, 0.3) is 6.08 Å². The number of hydrogen-bond donors (Lipinski definition) is 1. The summed E-state index contributed by atoms with van der Waals surface area (Å²) >= 11 is 1.14. The van der Waals surface area contributed by atoms with E-state index in [1.807, 2.05) is 0 Å². The van der Waals surface area contributed by atoms with Crippen LogP contribution in [0, 0.1) is 10.1 Å². The molecule has 9 heteroatoms. The molecule has 2 aromatic carbocycles. The summed E-state index contributed by atoms with van der Waals surface area (Å²) in [6.45, 7) is 3.89. The lowest BCUT2D eigenvalue weighted by molar-refractivity contribution is -0.384. The van der Waals surface area contributed by atoms with Crippen molar-refractivity contribution < 1.29 is 19.6 Å². The average Bonchev–Trinajstić information content (AvgIpc) is 2.97. The Morgan fingerprint density at radius 2 is 2.00 bits per heavy atom. The summed E-state index contributed by atoms with van der Waals surface area (Å²) in [6.07, 6.45) is 3.19. The summed E-state index contributed by atoms with van der Waals surface area (Å²) in [7, 11) is 0. The van der Waals surface area contributed by atoms with Gasteiger partial charge in [0.25, 0.3) is 11.6 Å². The zero-order valence-corrected chi connectivity index (χ0v) is 15.8. The Labute approximate surface area is 170 Å². The summed E-state index contributed by atoms with van der Waals surface area (Å²) in [6, 6.07) is 12.0. The second-order valence-corrected chi connectivity index (χ2v) is 6.92. The molecule has 0 radical (unpaired) electrons. The zero-order valence-electron chi connectivity index (χ0n) is 15.0. The third-order valence-corrected chi connectivity index (χ3v) is 4.93. The summed E-state index contributed by atoms with van der Waals surface area (Å²) in [5.74, 6) is -1.34. The van der Waals surface area contributed by atoms with Crippen molar-refractivity contribution in [3.8, 4) is 0 Å². The van der Waals surface area contributed by atoms with Gasteiger partial charge in [-0.2, -0.15) is 0 Å². The number of carboxylic acids is 1. The van der Waals surface area contributed by atoms with Gasteiger partial charge < -0.3 is 5.11 Å². The lowest BCUT2D eigenvalue weighted by Gasteiger charge is -2.12. The van der Waals surface area contributed by atoms with Crippen LogP contribution in [0.4, 0.5) is 11.4 Å². The van der Waals surface area contributed by atoms with Crippen molar-refractivity contribution in [2.45, 2.75) is 0 Å². The molecule has 1 amide bonds. The van der Waals surface area contributed by atoms with Crippen LogP contribution in [0.2, 0.25) is 0 Å². The van der Waals surface area contributed by atoms with Gasteiger partial charge in [0.2, 0.25) is 0 Å². The van der Waals surface area contributed by atoms with Crippen LogP contribution in [0.1, 0.15) is 15.9 Å². The number of thioether (sulfide) groups is 1. The van der Waals surface area contributed by atoms with Gasteiger partial charge in [-0.05, 0) is 53.7 Å². The third-order valence-electron chi connectivity index (χ3n) is 3.92. The highest BCUT2D eigenvalue weighted by atomic mass is 32.2. The average molecular weight is 409 g/mol. The fourth-order valence-electron chi connectivity index (χ4n) is 2.54. The van der Waals surface area contributed by atoms with Gasteiger partial charge in [-0.1, -0.05) is 12.1 Å². The molecule has 1 saturated heterocycles. The van der Waals surface area contributed by atoms with Gasteiger partial charge in [-0.3, -0.25) is 19.8 Å². The van der Waals surface area contributed by atoms with Crippen LogP contribution in [-0.2, 0) is 4.79 Å². The van der Waals surface area contributed by atoms with Gasteiger partial charge in [0.1, 0.15) is 0 Å². The number of amides is 1. The summed E-state index contributed by atoms with van der Waals surface area (Å²) in [5, 5.41) is 20.3. The Kier molecular flexibility index (Phi) is 5.89. The normalized spacial score (nSPS) is 16.4. The summed E-state index contributed by atoms with van der Waals surface area (Å²) < 4.78 is 0. The van der Waals surface area contributed by atoms with E-state index in [1.54, 1.807) is 36.4 Å². The standard InChI is InChI=1S/C20H15N3O5S/c1-2-10-22-18(24)17(11-13-6-8-16(9-7-13)23(27)28)29-20(22)21-15-5-3-4-14(12-15)19(25)26/h2-9,11-12H,1,10H2,(H,25,26)/b17-11-,21-20?. The number of nitro groups is 1. The van der Waals surface area contributed by atoms with E-state index in [0.29, 0.717) is 21.3 Å². The molecule has 0 unspecified atom stereocenters. The number of aromatic carboxylic acids is 1. The van der Waals surface area contributed by atoms with Gasteiger partial charge in [0, 0.05) is 18.7 Å². The van der Waals surface area contributed by atoms with Crippen LogP contribution >= 0.6 is 11.8 Å². The molecule has 0 atom stereocenters. The third kappa shape index (κ3) is 4.58. The number of carbonyl (C=O) groups is 2. The number of hydrogen-bond acceptors (Lipinski definition) is 6. The van der Waals surface area contributed by atoms with Gasteiger partial charge in [0.05, 0.1) is 21.1 Å². The number of carbonyl (C=O) groups excluding carboxylic acids is 1. The maximum atomic E-state index is 12.8. The van der Waals surface area contributed by atoms with Crippen LogP contribution in [0.3, 0.4) is 0 Å². The number of carboxylic acid groups (broad SMARTS) is 1. The fourth-order valence-corrected chi connectivity index (χ4v) is 3.55. The molecule has 146 valence electrons. The van der Waals surface area contributed by atoms with E-state index in [-0.39, 0.29) is 23.7 Å². The number of nitro benzene ring substituents is 1. The van der Waals surface area contributed by atoms with E-state index >= 15 is 0 Å². The van der Waals surface area contributed by atoms with E-state index in [0.717, 1.165) is 11.8 Å². The van der Waals surface area contributed by atoms with Crippen molar-refractivity contribution in [3.63, 3.8) is 0 Å². The maximum absolute atomic E-state index is 12.8. The molecule has 1 fully saturated rings. The van der Waals surface area contributed by atoms with E-state index < -0.39 is 10.9 Å². The molecule has 0 spiro atoms. The van der Waals surface area contributed by atoms with Crippen molar-refractivity contribution >= 4 is 46.3 Å². The molecule has 1 aliphatic heterocycles. The van der Waals surface area contributed by atoms with Crippen LogP contribution in [0.15, 0.2) is 71.1 Å². The second kappa shape index (κ2) is 8.53. The van der Waals surface area contributed by atoms with Gasteiger partial charge >= 0.3 is 5.97 Å². The molecule has 8 nitrogen and oxygen atoms in total. The van der Waals surface area contributed by atoms with Crippen molar-refractivity contribution in [1.82, 2.24) is 4.90 Å². The lowest BCUT2D eigenvalue weighted by Crippen LogP contribution is -2.29. The minimum atomic E-state index is -1.07. The van der Waals surface area contributed by atoms with Crippen LogP contribution in [-0.4, -0.2) is 38.5 Å². The molecule has 3 rings (SSSR count). The van der Waals surface area contributed by atoms with Crippen molar-refractivity contribution in [1.29, 1.82) is 0 Å². The number of nitrogens with zero attached hydrogens (tertiary/aromatic N) is 3. The highest BCUT2D eigenvalue weighted by molar-refractivity contribution is 8.18. The number of benzene rings is 2. The zero-order chi connectivity index (χ0) is 21.0. The van der Waals surface area contributed by atoms with E-state index in [1.165, 1.54) is 29.2 Å². The topological polar surface area (TPSA) is 113 Å². The number of amidine groups is 1. The summed E-state index contributed by atoms with van der Waals surface area (Å²) in [5.41, 5.74) is 1.11. The first-order valence-electron chi connectivity index (χ1n) is 8.38. The molecule has 0 saturated carbocycles. The predicted molar refractivity (Wildman–Crippen MR) is 111 cm³/mol. The van der Waals surface area contributed by atoms with Crippen LogP contribution < -0.4 is 0 Å². The Morgan fingerprint density at radius 3 is 2.62 bits per heavy atom. The quantitative estimate of drug-likeness (QED) is 0.333. The Morgan fingerprint density at radius 1 is 1.28 bits per heavy atom. The molecular formula is C20H15N3O5S. The van der Waals surface area contributed by atoms with Crippen molar-refractivity contribution in [2.24, 2.45) is 4.99 Å². The Bertz CT molecular complexity index is 1060. The predicted octanol–water partition coefficient (Wildman–Crippen LogP) is 4.08. The largest absolute Gasteiger partial charge is 0.478 e. The molecule has 0 bridgehead atoms. The lowest BCUT2D eigenvalue weighted by atomic mass is 10.2. The fraction of sp³-hybridized carbons (Fsp3) is 0.0500. The molecule has 1 N–H and O–H groups in total. The minimum absolute atomic E-state index is 0.0357. The molecular weight excluding hydrogens is 394 g/mol. The summed E-state index contributed by atoms with van der Waals surface area (Å²) in [4.78, 5) is 40.4. The maximum Gasteiger partial charge on any atom is 0.335 e. The molecule has 1 heterocycles.